The lowest BCUT2D eigenvalue weighted by Gasteiger charge is -2.43. The lowest BCUT2D eigenvalue weighted by Crippen LogP contribution is -2.61. The average Bonchev–Trinajstić information content (AvgIpc) is 3.44. The molecule has 202 valence electrons. The van der Waals surface area contributed by atoms with Crippen molar-refractivity contribution < 1.29 is 29.0 Å². The quantitative estimate of drug-likeness (QED) is 0.363. The summed E-state index contributed by atoms with van der Waals surface area (Å²) >= 11 is 0. The predicted octanol–water partition coefficient (Wildman–Crippen LogP) is 3.07. The molecule has 36 heavy (non-hydrogen) atoms. The second-order valence-electron chi connectivity index (χ2n) is 11.4. The number of aliphatic hydroxyl groups excluding tert-OH is 1. The van der Waals surface area contributed by atoms with Crippen LogP contribution in [-0.2, 0) is 23.9 Å². The second kappa shape index (κ2) is 10.4. The largest absolute Gasteiger partial charge is 0.466 e. The van der Waals surface area contributed by atoms with Gasteiger partial charge in [-0.25, -0.2) is 0 Å². The second-order valence-corrected chi connectivity index (χ2v) is 11.4. The van der Waals surface area contributed by atoms with Crippen LogP contribution in [0.25, 0.3) is 0 Å². The van der Waals surface area contributed by atoms with Crippen molar-refractivity contribution in [3.63, 3.8) is 0 Å². The summed E-state index contributed by atoms with van der Waals surface area (Å²) in [6, 6.07) is -1.33. The number of likely N-dealkylation sites (tertiary alicyclic amines) is 1. The lowest BCUT2D eigenvalue weighted by molar-refractivity contribution is -0.163. The van der Waals surface area contributed by atoms with E-state index >= 15 is 0 Å². The van der Waals surface area contributed by atoms with Gasteiger partial charge in [0.25, 0.3) is 0 Å². The Bertz CT molecular complexity index is 872. The first kappa shape index (κ1) is 27.1. The van der Waals surface area contributed by atoms with Gasteiger partial charge in [-0.3, -0.25) is 14.4 Å². The van der Waals surface area contributed by atoms with Gasteiger partial charge in [0.05, 0.1) is 30.8 Å². The van der Waals surface area contributed by atoms with E-state index in [9.17, 15) is 19.5 Å². The van der Waals surface area contributed by atoms with Crippen LogP contribution >= 0.6 is 0 Å². The molecule has 4 rings (SSSR count). The molecule has 1 spiro atoms. The number of amides is 2. The highest BCUT2D eigenvalue weighted by Crippen LogP contribution is 2.64. The van der Waals surface area contributed by atoms with Crippen molar-refractivity contribution in [1.29, 1.82) is 0 Å². The van der Waals surface area contributed by atoms with E-state index in [-0.39, 0.29) is 37.0 Å². The zero-order valence-corrected chi connectivity index (χ0v) is 22.4. The Morgan fingerprint density at radius 2 is 1.97 bits per heavy atom. The molecule has 2 amide bonds. The maximum absolute atomic E-state index is 14.6. The number of esters is 1. The molecule has 0 aromatic carbocycles. The van der Waals surface area contributed by atoms with Gasteiger partial charge in [-0.1, -0.05) is 45.6 Å². The highest BCUT2D eigenvalue weighted by atomic mass is 16.6. The van der Waals surface area contributed by atoms with Crippen LogP contribution in [0.1, 0.15) is 79.1 Å². The lowest BCUT2D eigenvalue weighted by atomic mass is 9.66. The van der Waals surface area contributed by atoms with Gasteiger partial charge in [0.1, 0.15) is 17.6 Å². The summed E-state index contributed by atoms with van der Waals surface area (Å²) in [4.78, 5) is 45.5. The standard InChI is InChI=1S/C28H44N2O6/c1-6-16-29(19-12-10-9-11-13-19)25(33)23-28-15-14-27(5,36-28)22(26(34)35-8-3)21(28)24(32)30(23)20(17-31)18(4)7-2/h6,18-23,31H,1,7-17H2,2-5H3/t18-,20-,21-,22-,23?,27+,28?/m0/s1. The molecular weight excluding hydrogens is 460 g/mol. The van der Waals surface area contributed by atoms with E-state index < -0.39 is 41.1 Å². The van der Waals surface area contributed by atoms with Crippen molar-refractivity contribution in [1.82, 2.24) is 9.80 Å². The minimum atomic E-state index is -1.10. The third-order valence-electron chi connectivity index (χ3n) is 9.46. The molecule has 0 aromatic heterocycles. The van der Waals surface area contributed by atoms with E-state index in [1.54, 1.807) is 17.9 Å². The molecule has 7 atom stereocenters. The number of fused-ring (bicyclic) bond motifs is 1. The Hall–Kier alpha value is -1.93. The summed E-state index contributed by atoms with van der Waals surface area (Å²) in [5.41, 5.74) is -1.95. The maximum Gasteiger partial charge on any atom is 0.312 e. The summed E-state index contributed by atoms with van der Waals surface area (Å²) < 4.78 is 12.1. The van der Waals surface area contributed by atoms with Crippen molar-refractivity contribution in [3.05, 3.63) is 12.7 Å². The molecule has 4 aliphatic rings. The Labute approximate surface area is 215 Å². The van der Waals surface area contributed by atoms with E-state index in [1.165, 1.54) is 0 Å². The van der Waals surface area contributed by atoms with E-state index in [1.807, 2.05) is 25.7 Å². The molecule has 1 aliphatic carbocycles. The van der Waals surface area contributed by atoms with Crippen LogP contribution in [0.4, 0.5) is 0 Å². The first-order valence-electron chi connectivity index (χ1n) is 13.9. The minimum absolute atomic E-state index is 0.0270. The molecule has 3 heterocycles. The van der Waals surface area contributed by atoms with Crippen LogP contribution in [0.15, 0.2) is 12.7 Å². The summed E-state index contributed by atoms with van der Waals surface area (Å²) in [7, 11) is 0. The molecule has 8 nitrogen and oxygen atoms in total. The van der Waals surface area contributed by atoms with Gasteiger partial charge in [0.15, 0.2) is 0 Å². The highest BCUT2D eigenvalue weighted by molar-refractivity contribution is 5.99. The number of rotatable bonds is 10. The first-order chi connectivity index (χ1) is 17.2. The molecule has 2 unspecified atom stereocenters. The van der Waals surface area contributed by atoms with E-state index in [4.69, 9.17) is 9.47 Å². The summed E-state index contributed by atoms with van der Waals surface area (Å²) in [5, 5.41) is 10.5. The summed E-state index contributed by atoms with van der Waals surface area (Å²) in [5.74, 6) is -2.44. The minimum Gasteiger partial charge on any atom is -0.466 e. The van der Waals surface area contributed by atoms with Gasteiger partial charge >= 0.3 is 5.97 Å². The Balaban J connectivity index is 1.82. The third kappa shape index (κ3) is 4.08. The Morgan fingerprint density at radius 3 is 2.56 bits per heavy atom. The van der Waals surface area contributed by atoms with Crippen LogP contribution in [0, 0.1) is 17.8 Å². The number of carbonyl (C=O) groups excluding carboxylic acids is 3. The highest BCUT2D eigenvalue weighted by Gasteiger charge is 2.79. The fraction of sp³-hybridized carbons (Fsp3) is 0.821. The maximum atomic E-state index is 14.6. The molecule has 4 fully saturated rings. The predicted molar refractivity (Wildman–Crippen MR) is 135 cm³/mol. The van der Waals surface area contributed by atoms with Gasteiger partial charge in [-0.15, -0.1) is 6.58 Å². The Morgan fingerprint density at radius 1 is 1.28 bits per heavy atom. The van der Waals surface area contributed by atoms with Crippen LogP contribution in [0.5, 0.6) is 0 Å². The SMILES string of the molecule is C=CCN(C(=O)C1N([C@@H](CO)[C@@H](C)CC)C(=O)[C@@H]2[C@@H](C(=O)OCC)[C@@]3(C)CCC12O3)C1CCCCC1. The monoisotopic (exact) mass is 504 g/mol. The van der Waals surface area contributed by atoms with Crippen LogP contribution in [0.3, 0.4) is 0 Å². The topological polar surface area (TPSA) is 96.4 Å². The average molecular weight is 505 g/mol. The molecule has 0 aromatic rings. The van der Waals surface area contributed by atoms with E-state index in [0.29, 0.717) is 19.4 Å². The third-order valence-corrected chi connectivity index (χ3v) is 9.46. The zero-order chi connectivity index (χ0) is 26.3. The van der Waals surface area contributed by atoms with Crippen molar-refractivity contribution in [3.8, 4) is 0 Å². The van der Waals surface area contributed by atoms with Crippen molar-refractivity contribution in [2.45, 2.75) is 108 Å². The van der Waals surface area contributed by atoms with Crippen molar-refractivity contribution in [2.75, 3.05) is 19.8 Å². The molecule has 0 radical (unpaired) electrons. The normalized spacial score (nSPS) is 35.4. The van der Waals surface area contributed by atoms with Gasteiger partial charge in [-0.2, -0.15) is 0 Å². The van der Waals surface area contributed by atoms with Gasteiger partial charge in [0.2, 0.25) is 11.8 Å². The molecular formula is C28H44N2O6. The molecule has 2 bridgehead atoms. The molecule has 8 heteroatoms. The fourth-order valence-corrected chi connectivity index (χ4v) is 7.51. The van der Waals surface area contributed by atoms with Crippen LogP contribution in [-0.4, -0.2) is 81.8 Å². The molecule has 3 saturated heterocycles. The zero-order valence-electron chi connectivity index (χ0n) is 22.4. The smallest absolute Gasteiger partial charge is 0.312 e. The molecule has 1 saturated carbocycles. The number of hydrogen-bond donors (Lipinski definition) is 1. The summed E-state index contributed by atoms with van der Waals surface area (Å²) in [6.07, 6.45) is 8.74. The Kier molecular flexibility index (Phi) is 7.87. The first-order valence-corrected chi connectivity index (χ1v) is 13.9. The van der Waals surface area contributed by atoms with Gasteiger partial charge in [-0.05, 0) is 45.4 Å². The van der Waals surface area contributed by atoms with E-state index in [2.05, 4.69) is 6.58 Å². The molecule has 1 N–H and O–H groups in total. The number of nitrogens with zero attached hydrogens (tertiary/aromatic N) is 2. The number of aliphatic hydroxyl groups is 1. The van der Waals surface area contributed by atoms with E-state index in [0.717, 1.165) is 38.5 Å². The number of ether oxygens (including phenoxy) is 2. The van der Waals surface area contributed by atoms with Gasteiger partial charge < -0.3 is 24.4 Å². The molecule has 3 aliphatic heterocycles. The van der Waals surface area contributed by atoms with Gasteiger partial charge in [0, 0.05) is 12.6 Å². The fourth-order valence-electron chi connectivity index (χ4n) is 7.51. The number of carbonyl (C=O) groups is 3. The summed E-state index contributed by atoms with van der Waals surface area (Å²) in [6.45, 7) is 11.9. The van der Waals surface area contributed by atoms with Crippen molar-refractivity contribution in [2.24, 2.45) is 17.8 Å². The van der Waals surface area contributed by atoms with Crippen LogP contribution < -0.4 is 0 Å². The van der Waals surface area contributed by atoms with Crippen molar-refractivity contribution >= 4 is 17.8 Å². The number of hydrogen-bond acceptors (Lipinski definition) is 6. The van der Waals surface area contributed by atoms with Crippen LogP contribution in [0.2, 0.25) is 0 Å².